The Morgan fingerprint density at radius 3 is 1.60 bits per heavy atom. The molecule has 10 atom stereocenters. The fraction of sp³-hybridized carbons (Fsp3) is 0.413. The molecule has 4 aliphatic rings. The van der Waals surface area contributed by atoms with Gasteiger partial charge in [-0.1, -0.05) is 84.9 Å². The summed E-state index contributed by atoms with van der Waals surface area (Å²) in [6.07, 6.45) is -9.83. The molecule has 14 heteroatoms. The molecule has 8 rings (SSSR count). The van der Waals surface area contributed by atoms with Crippen LogP contribution in [0.3, 0.4) is 0 Å². The summed E-state index contributed by atoms with van der Waals surface area (Å²) in [4.78, 5) is 41.2. The van der Waals surface area contributed by atoms with Crippen molar-refractivity contribution in [1.29, 1.82) is 0 Å². The molecule has 14 nitrogen and oxygen atoms in total. The van der Waals surface area contributed by atoms with Crippen LogP contribution < -0.4 is 0 Å². The lowest BCUT2D eigenvalue weighted by Crippen LogP contribution is -2.63. The Morgan fingerprint density at radius 2 is 1.00 bits per heavy atom. The maximum absolute atomic E-state index is 14.0. The maximum Gasteiger partial charge on any atom is 0.338 e. The molecule has 4 aromatic rings. The molecule has 4 aromatic carbocycles. The van der Waals surface area contributed by atoms with Crippen molar-refractivity contribution in [1.82, 2.24) is 0 Å². The van der Waals surface area contributed by atoms with Gasteiger partial charge in [-0.2, -0.15) is 0 Å². The number of fused-ring (bicyclic) bond motifs is 3. The molecule has 316 valence electrons. The fourth-order valence-corrected chi connectivity index (χ4v) is 7.73. The zero-order chi connectivity index (χ0) is 41.9. The van der Waals surface area contributed by atoms with E-state index in [1.807, 2.05) is 30.3 Å². The molecular weight excluding hydrogens is 776 g/mol. The summed E-state index contributed by atoms with van der Waals surface area (Å²) in [5, 5.41) is 0. The number of esters is 3. The number of hydrogen-bond donors (Lipinski definition) is 0. The van der Waals surface area contributed by atoms with Crippen LogP contribution >= 0.6 is 0 Å². The molecular formula is C46H48O14. The van der Waals surface area contributed by atoms with Crippen molar-refractivity contribution in [2.24, 2.45) is 0 Å². The molecule has 0 amide bonds. The standard InChI is InChI=1S/C46H48O14/c1-45(2)57-35-33(54-44-39(37(35)58-45)59-46(3,4)60-44)27-52-43-38(50-25-28-17-9-5-10-18-28)36(56-42(49)31-23-15-8-16-24-31)34(55-41(48)30-21-13-7-14-22-30)32(53-43)26-51-40(47)29-19-11-6-12-20-29/h5-24,32-39,43-44H,25-27H2,1-4H3/t32-,33-,34-,35+,36+,37+,38-,39-,43?,44-/m1/s1. The highest BCUT2D eigenvalue weighted by molar-refractivity contribution is 5.91. The van der Waals surface area contributed by atoms with E-state index in [-0.39, 0.29) is 24.3 Å². The molecule has 0 aromatic heterocycles. The largest absolute Gasteiger partial charge is 0.459 e. The summed E-state index contributed by atoms with van der Waals surface area (Å²) >= 11 is 0. The van der Waals surface area contributed by atoms with E-state index in [2.05, 4.69) is 0 Å². The first-order chi connectivity index (χ1) is 28.9. The number of benzene rings is 4. The SMILES string of the molecule is CC1(C)O[C@H]2[C@@H](O1)[C@@H](COC1O[C@H](COC(=O)c3ccccc3)[C@@H](OC(=O)c3ccccc3)[C@H](OC(=O)c3ccccc3)[C@H]1OCc1ccccc1)O[C@@H]1OC(C)(C)O[C@@H]12. The van der Waals surface area contributed by atoms with Gasteiger partial charge in [-0.25, -0.2) is 14.4 Å². The molecule has 0 saturated carbocycles. The smallest absolute Gasteiger partial charge is 0.338 e. The molecule has 4 aliphatic heterocycles. The molecule has 1 unspecified atom stereocenters. The van der Waals surface area contributed by atoms with Gasteiger partial charge in [0.2, 0.25) is 0 Å². The predicted octanol–water partition coefficient (Wildman–Crippen LogP) is 6.02. The van der Waals surface area contributed by atoms with Crippen molar-refractivity contribution in [2.45, 2.75) is 107 Å². The van der Waals surface area contributed by atoms with Crippen LogP contribution in [0, 0.1) is 0 Å². The van der Waals surface area contributed by atoms with E-state index in [1.54, 1.807) is 119 Å². The van der Waals surface area contributed by atoms with E-state index in [9.17, 15) is 14.4 Å². The lowest BCUT2D eigenvalue weighted by atomic mass is 9.97. The third-order valence-electron chi connectivity index (χ3n) is 10.4. The second kappa shape index (κ2) is 17.9. The van der Waals surface area contributed by atoms with Crippen LogP contribution in [-0.2, 0) is 58.7 Å². The zero-order valence-electron chi connectivity index (χ0n) is 33.7. The first kappa shape index (κ1) is 41.7. The first-order valence-electron chi connectivity index (χ1n) is 20.0. The average Bonchev–Trinajstić information content (AvgIpc) is 3.76. The van der Waals surface area contributed by atoms with E-state index >= 15 is 0 Å². The number of carbonyl (C=O) groups is 3. The van der Waals surface area contributed by atoms with Gasteiger partial charge in [0.05, 0.1) is 29.9 Å². The van der Waals surface area contributed by atoms with Gasteiger partial charge in [0, 0.05) is 0 Å². The molecule has 0 bridgehead atoms. The first-order valence-corrected chi connectivity index (χ1v) is 20.0. The second-order valence-corrected chi connectivity index (χ2v) is 15.8. The third-order valence-corrected chi connectivity index (χ3v) is 10.4. The third kappa shape index (κ3) is 9.62. The van der Waals surface area contributed by atoms with Crippen molar-refractivity contribution in [2.75, 3.05) is 13.2 Å². The van der Waals surface area contributed by atoms with E-state index in [1.165, 1.54) is 0 Å². The average molecular weight is 825 g/mol. The Bertz CT molecular complexity index is 2060. The molecule has 4 saturated heterocycles. The molecule has 0 aliphatic carbocycles. The van der Waals surface area contributed by atoms with Gasteiger partial charge in [-0.05, 0) is 69.7 Å². The predicted molar refractivity (Wildman–Crippen MR) is 210 cm³/mol. The monoisotopic (exact) mass is 824 g/mol. The van der Waals surface area contributed by atoms with Crippen molar-refractivity contribution in [3.8, 4) is 0 Å². The topological polar surface area (TPSA) is 153 Å². The number of rotatable bonds is 13. The second-order valence-electron chi connectivity index (χ2n) is 15.8. The minimum absolute atomic E-state index is 0.0287. The minimum atomic E-state index is -1.37. The van der Waals surface area contributed by atoms with Crippen molar-refractivity contribution in [3.05, 3.63) is 144 Å². The number of ether oxygens (including phenoxy) is 11. The Balaban J connectivity index is 1.14. The van der Waals surface area contributed by atoms with Crippen molar-refractivity contribution < 1.29 is 66.5 Å². The maximum atomic E-state index is 14.0. The Hall–Kier alpha value is -5.03. The van der Waals surface area contributed by atoms with Crippen LogP contribution in [0.15, 0.2) is 121 Å². The van der Waals surface area contributed by atoms with Crippen LogP contribution in [0.25, 0.3) is 0 Å². The molecule has 4 fully saturated rings. The van der Waals surface area contributed by atoms with Crippen LogP contribution in [-0.4, -0.2) is 104 Å². The van der Waals surface area contributed by atoms with Crippen LogP contribution in [0.4, 0.5) is 0 Å². The lowest BCUT2D eigenvalue weighted by Gasteiger charge is -2.45. The highest BCUT2D eigenvalue weighted by Gasteiger charge is 2.61. The summed E-state index contributed by atoms with van der Waals surface area (Å²) < 4.78 is 69.5. The summed E-state index contributed by atoms with van der Waals surface area (Å²) in [7, 11) is 0. The highest BCUT2D eigenvalue weighted by atomic mass is 16.9. The van der Waals surface area contributed by atoms with Gasteiger partial charge >= 0.3 is 17.9 Å². The number of hydrogen-bond acceptors (Lipinski definition) is 14. The molecule has 0 N–H and O–H groups in total. The lowest BCUT2D eigenvalue weighted by molar-refractivity contribution is -0.322. The summed E-state index contributed by atoms with van der Waals surface area (Å²) in [6, 6.07) is 34.5. The summed E-state index contributed by atoms with van der Waals surface area (Å²) in [5.74, 6) is -4.01. The Labute approximate surface area is 347 Å². The van der Waals surface area contributed by atoms with E-state index in [4.69, 9.17) is 52.1 Å². The molecule has 0 radical (unpaired) electrons. The van der Waals surface area contributed by atoms with E-state index in [0.29, 0.717) is 5.56 Å². The van der Waals surface area contributed by atoms with E-state index in [0.717, 1.165) is 5.56 Å². The van der Waals surface area contributed by atoms with Gasteiger partial charge in [-0.15, -0.1) is 0 Å². The van der Waals surface area contributed by atoms with Gasteiger partial charge < -0.3 is 52.1 Å². The summed E-state index contributed by atoms with van der Waals surface area (Å²) in [5.41, 5.74) is 1.56. The Morgan fingerprint density at radius 1 is 0.500 bits per heavy atom. The minimum Gasteiger partial charge on any atom is -0.459 e. The van der Waals surface area contributed by atoms with Gasteiger partial charge in [-0.3, -0.25) is 0 Å². The van der Waals surface area contributed by atoms with Crippen molar-refractivity contribution >= 4 is 17.9 Å². The highest BCUT2D eigenvalue weighted by Crippen LogP contribution is 2.44. The van der Waals surface area contributed by atoms with Gasteiger partial charge in [0.1, 0.15) is 43.2 Å². The quantitative estimate of drug-likeness (QED) is 0.114. The zero-order valence-corrected chi connectivity index (χ0v) is 33.7. The number of carbonyl (C=O) groups excluding carboxylic acids is 3. The Kier molecular flexibility index (Phi) is 12.4. The molecule has 0 spiro atoms. The van der Waals surface area contributed by atoms with Gasteiger partial charge in [0.25, 0.3) is 0 Å². The molecule has 4 heterocycles. The van der Waals surface area contributed by atoms with Gasteiger partial charge in [0.15, 0.2) is 36.4 Å². The summed E-state index contributed by atoms with van der Waals surface area (Å²) in [6.45, 7) is 6.66. The molecule has 60 heavy (non-hydrogen) atoms. The van der Waals surface area contributed by atoms with E-state index < -0.39 is 97.5 Å². The normalized spacial score (nSPS) is 30.1. The van der Waals surface area contributed by atoms with Crippen LogP contribution in [0.1, 0.15) is 64.3 Å². The van der Waals surface area contributed by atoms with Crippen LogP contribution in [0.2, 0.25) is 0 Å². The fourth-order valence-electron chi connectivity index (χ4n) is 7.73. The van der Waals surface area contributed by atoms with Crippen LogP contribution in [0.5, 0.6) is 0 Å². The van der Waals surface area contributed by atoms with Crippen molar-refractivity contribution in [3.63, 3.8) is 0 Å².